The maximum absolute atomic E-state index is 16.7. The summed E-state index contributed by atoms with van der Waals surface area (Å²) in [5.74, 6) is -0.0600. The zero-order valence-electron chi connectivity index (χ0n) is 23.4. The quantitative estimate of drug-likeness (QED) is 0.309. The van der Waals surface area contributed by atoms with Gasteiger partial charge in [-0.25, -0.2) is 8.78 Å². The Labute approximate surface area is 246 Å². The lowest BCUT2D eigenvalue weighted by Crippen LogP contribution is -2.43. The molecule has 1 aromatic carbocycles. The van der Waals surface area contributed by atoms with Crippen LogP contribution >= 0.6 is 11.6 Å². The second-order valence-corrected chi connectivity index (χ2v) is 11.7. The number of fused-ring (bicyclic) bond motifs is 3. The van der Waals surface area contributed by atoms with Gasteiger partial charge in [-0.2, -0.15) is 15.1 Å². The fourth-order valence-corrected chi connectivity index (χ4v) is 7.03. The van der Waals surface area contributed by atoms with Crippen molar-refractivity contribution in [1.29, 1.82) is 0 Å². The molecule has 3 fully saturated rings. The molecular weight excluding hydrogens is 564 g/mol. The first-order valence-electron chi connectivity index (χ1n) is 14.5. The number of aromatic nitrogens is 5. The Hall–Kier alpha value is -3.41. The number of anilines is 1. The van der Waals surface area contributed by atoms with Crippen LogP contribution in [0.4, 0.5) is 14.6 Å². The van der Waals surface area contributed by atoms with Crippen molar-refractivity contribution in [3.05, 3.63) is 40.9 Å². The van der Waals surface area contributed by atoms with Gasteiger partial charge < -0.3 is 14.4 Å². The fourth-order valence-electron chi connectivity index (χ4n) is 6.77. The van der Waals surface area contributed by atoms with E-state index in [1.165, 1.54) is 0 Å². The van der Waals surface area contributed by atoms with Gasteiger partial charge in [0.2, 0.25) is 0 Å². The summed E-state index contributed by atoms with van der Waals surface area (Å²) in [7, 11) is 0. The molecule has 3 saturated heterocycles. The van der Waals surface area contributed by atoms with Crippen molar-refractivity contribution in [1.82, 2.24) is 30.0 Å². The lowest BCUT2D eigenvalue weighted by molar-refractivity contribution is 0.107. The SMILES string of the molecule is C/C=C\c1c(Cl)cc2[nH]ncc2c1-c1ncc2c(N3CCCOCC3)nc(OC[C@@]34CCCN3C[C@H](F)C4)nc2c1F. The first-order chi connectivity index (χ1) is 20.5. The molecule has 9 nitrogen and oxygen atoms in total. The van der Waals surface area contributed by atoms with Crippen LogP contribution in [0.1, 0.15) is 38.2 Å². The van der Waals surface area contributed by atoms with Crippen molar-refractivity contribution in [2.24, 2.45) is 0 Å². The van der Waals surface area contributed by atoms with Crippen LogP contribution in [-0.2, 0) is 4.74 Å². The summed E-state index contributed by atoms with van der Waals surface area (Å²) in [6.45, 7) is 5.83. The number of rotatable bonds is 6. The van der Waals surface area contributed by atoms with Crippen LogP contribution in [0.25, 0.3) is 39.1 Å². The number of pyridine rings is 1. The molecule has 0 bridgehead atoms. The van der Waals surface area contributed by atoms with Crippen LogP contribution in [0.2, 0.25) is 5.02 Å². The monoisotopic (exact) mass is 595 g/mol. The van der Waals surface area contributed by atoms with Crippen molar-refractivity contribution in [2.45, 2.75) is 44.3 Å². The number of hydrogen-bond donors (Lipinski definition) is 1. The summed E-state index contributed by atoms with van der Waals surface area (Å²) in [5.41, 5.74) is 1.65. The second kappa shape index (κ2) is 11.0. The predicted octanol–water partition coefficient (Wildman–Crippen LogP) is 5.58. The topological polar surface area (TPSA) is 92.3 Å². The molecule has 4 aromatic rings. The second-order valence-electron chi connectivity index (χ2n) is 11.3. The van der Waals surface area contributed by atoms with E-state index >= 15 is 4.39 Å². The molecule has 0 spiro atoms. The van der Waals surface area contributed by atoms with Gasteiger partial charge in [0.1, 0.15) is 29.8 Å². The first-order valence-corrected chi connectivity index (χ1v) is 14.8. The molecule has 1 N–H and O–H groups in total. The molecule has 0 radical (unpaired) electrons. The van der Waals surface area contributed by atoms with Gasteiger partial charge in [0, 0.05) is 55.4 Å². The molecule has 0 saturated carbocycles. The number of aromatic amines is 1. The molecule has 0 aliphatic carbocycles. The van der Waals surface area contributed by atoms with Gasteiger partial charge in [-0.1, -0.05) is 23.8 Å². The number of H-pyrrole nitrogens is 1. The number of halogens is 3. The average Bonchev–Trinajstić information content (AvgIpc) is 3.60. The summed E-state index contributed by atoms with van der Waals surface area (Å²) in [5, 5.41) is 8.70. The Bertz CT molecular complexity index is 1670. The molecule has 12 heteroatoms. The lowest BCUT2D eigenvalue weighted by Gasteiger charge is -2.31. The van der Waals surface area contributed by atoms with Crippen LogP contribution in [0.15, 0.2) is 24.5 Å². The van der Waals surface area contributed by atoms with Crippen LogP contribution < -0.4 is 9.64 Å². The summed E-state index contributed by atoms with van der Waals surface area (Å²) in [4.78, 5) is 18.2. The largest absolute Gasteiger partial charge is 0.461 e. The number of nitrogens with one attached hydrogen (secondary N) is 1. The third-order valence-corrected chi connectivity index (χ3v) is 9.01. The maximum Gasteiger partial charge on any atom is 0.319 e. The number of benzene rings is 1. The third-order valence-electron chi connectivity index (χ3n) is 8.70. The molecule has 0 amide bonds. The number of allylic oxidation sites excluding steroid dienone is 1. The number of hydrogen-bond acceptors (Lipinski definition) is 8. The van der Waals surface area contributed by atoms with Gasteiger partial charge >= 0.3 is 6.01 Å². The van der Waals surface area contributed by atoms with E-state index in [1.54, 1.807) is 18.5 Å². The molecule has 3 aromatic heterocycles. The van der Waals surface area contributed by atoms with Crippen molar-refractivity contribution in [2.75, 3.05) is 50.9 Å². The fraction of sp³-hybridized carbons (Fsp3) is 0.467. The van der Waals surface area contributed by atoms with Crippen LogP contribution in [-0.4, -0.2) is 87.8 Å². The van der Waals surface area contributed by atoms with E-state index in [4.69, 9.17) is 26.1 Å². The standard InChI is InChI=1S/C30H32ClF2N7O2/c1-2-5-19-22(31)12-23-20(15-35-38-23)24(19)27-25(33)26-21(14-34-27)28(39-7-4-10-41-11-9-39)37-29(36-26)42-17-30-6-3-8-40(30)16-18(32)13-30/h2,5,12,14-15,18H,3-4,6-11,13,16-17H2,1H3,(H,35,38)/b5-2-/t18-,30+/m1/s1. The number of alkyl halides is 1. The average molecular weight is 596 g/mol. The molecule has 3 aliphatic heterocycles. The highest BCUT2D eigenvalue weighted by atomic mass is 35.5. The van der Waals surface area contributed by atoms with Crippen LogP contribution in [0.3, 0.4) is 0 Å². The molecule has 3 aliphatic rings. The van der Waals surface area contributed by atoms with Crippen molar-refractivity contribution >= 4 is 45.3 Å². The van der Waals surface area contributed by atoms with Gasteiger partial charge in [0.25, 0.3) is 0 Å². The Morgan fingerprint density at radius 2 is 2.10 bits per heavy atom. The smallest absolute Gasteiger partial charge is 0.319 e. The highest BCUT2D eigenvalue weighted by Gasteiger charge is 2.49. The highest BCUT2D eigenvalue weighted by molar-refractivity contribution is 6.33. The van der Waals surface area contributed by atoms with Crippen LogP contribution in [0, 0.1) is 5.82 Å². The normalized spacial score (nSPS) is 23.3. The van der Waals surface area contributed by atoms with E-state index in [2.05, 4.69) is 30.0 Å². The van der Waals surface area contributed by atoms with E-state index < -0.39 is 12.0 Å². The van der Waals surface area contributed by atoms with Gasteiger partial charge in [-0.15, -0.1) is 0 Å². The minimum atomic E-state index is -0.881. The van der Waals surface area contributed by atoms with Crippen molar-refractivity contribution in [3.8, 4) is 17.3 Å². The minimum Gasteiger partial charge on any atom is -0.461 e. The zero-order valence-corrected chi connectivity index (χ0v) is 24.1. The number of nitrogens with zero attached hydrogens (tertiary/aromatic N) is 6. The summed E-state index contributed by atoms with van der Waals surface area (Å²) in [6, 6.07) is 1.84. The Morgan fingerprint density at radius 1 is 1.19 bits per heavy atom. The summed E-state index contributed by atoms with van der Waals surface area (Å²) < 4.78 is 43.1. The van der Waals surface area contributed by atoms with Gasteiger partial charge in [-0.3, -0.25) is 15.0 Å². The molecule has 2 atom stereocenters. The molecule has 6 heterocycles. The van der Waals surface area contributed by atoms with E-state index in [0.717, 1.165) is 25.8 Å². The number of ether oxygens (including phenoxy) is 2. The van der Waals surface area contributed by atoms with E-state index in [-0.39, 0.29) is 29.4 Å². The molecule has 42 heavy (non-hydrogen) atoms. The van der Waals surface area contributed by atoms with E-state index in [9.17, 15) is 4.39 Å². The summed E-state index contributed by atoms with van der Waals surface area (Å²) >= 11 is 6.65. The predicted molar refractivity (Wildman–Crippen MR) is 158 cm³/mol. The lowest BCUT2D eigenvalue weighted by atomic mass is 9.95. The zero-order chi connectivity index (χ0) is 28.8. The van der Waals surface area contributed by atoms with E-state index in [1.807, 2.05) is 19.1 Å². The molecule has 7 rings (SSSR count). The van der Waals surface area contributed by atoms with Gasteiger partial charge in [-0.05, 0) is 38.8 Å². The minimum absolute atomic E-state index is 0.0653. The Balaban J connectivity index is 1.37. The van der Waals surface area contributed by atoms with E-state index in [0.29, 0.717) is 77.5 Å². The maximum atomic E-state index is 16.7. The van der Waals surface area contributed by atoms with Gasteiger partial charge in [0.15, 0.2) is 5.82 Å². The van der Waals surface area contributed by atoms with Crippen LogP contribution in [0.5, 0.6) is 6.01 Å². The molecular formula is C30H32ClF2N7O2. The Morgan fingerprint density at radius 3 is 2.98 bits per heavy atom. The Kier molecular flexibility index (Phi) is 7.19. The first kappa shape index (κ1) is 27.4. The molecule has 220 valence electrons. The highest BCUT2D eigenvalue weighted by Crippen LogP contribution is 2.42. The van der Waals surface area contributed by atoms with Crippen molar-refractivity contribution in [3.63, 3.8) is 0 Å². The van der Waals surface area contributed by atoms with Gasteiger partial charge in [0.05, 0.1) is 34.3 Å². The third kappa shape index (κ3) is 4.67. The summed E-state index contributed by atoms with van der Waals surface area (Å²) in [6.07, 6.45) is 9.13. The molecule has 0 unspecified atom stereocenters. The van der Waals surface area contributed by atoms with Crippen molar-refractivity contribution < 1.29 is 18.3 Å².